The topological polar surface area (TPSA) is 148 Å². The molecule has 8 nitrogen and oxygen atoms in total. The Morgan fingerprint density at radius 3 is 1.45 bits per heavy atom. The average Bonchev–Trinajstić information content (AvgIpc) is 3.17. The molecule has 0 aromatic heterocycles. The first-order valence-corrected chi connectivity index (χ1v) is 17.3. The lowest BCUT2D eigenvalue weighted by Crippen LogP contribution is -2.26. The van der Waals surface area contributed by atoms with Gasteiger partial charge in [0.15, 0.2) is 9.84 Å². The normalized spacial score (nSPS) is 13.4. The number of benzene rings is 5. The largest absolute Gasteiger partial charge is 0.508 e. The summed E-state index contributed by atoms with van der Waals surface area (Å²) in [4.78, 5) is 14.7. The van der Waals surface area contributed by atoms with Crippen molar-refractivity contribution < 1.29 is 33.3 Å². The molecule has 0 amide bonds. The molecule has 0 bridgehead atoms. The quantitative estimate of drug-likeness (QED) is 0.0840. The number of Topliss-reactive ketones (excluding diaryl/α,β-unsaturated/α-hetero) is 1. The molecule has 0 saturated heterocycles. The fraction of sp³-hybridized carbons (Fsp3) is 0.150. The van der Waals surface area contributed by atoms with Gasteiger partial charge in [0, 0.05) is 34.3 Å². The van der Waals surface area contributed by atoms with Crippen LogP contribution >= 0.6 is 0 Å². The molecule has 0 radical (unpaired) electrons. The van der Waals surface area contributed by atoms with Crippen LogP contribution in [0.15, 0.2) is 126 Å². The molecule has 248 valence electrons. The Bertz CT molecular complexity index is 2220. The summed E-state index contributed by atoms with van der Waals surface area (Å²) in [5, 5.41) is 13.8. The van der Waals surface area contributed by atoms with Crippen LogP contribution in [0.2, 0.25) is 0 Å². The van der Waals surface area contributed by atoms with Gasteiger partial charge in [0.25, 0.3) is 10.1 Å². The Kier molecular flexibility index (Phi) is 8.35. The number of sulfone groups is 1. The van der Waals surface area contributed by atoms with Crippen LogP contribution in [0.1, 0.15) is 64.5 Å². The van der Waals surface area contributed by atoms with Crippen LogP contribution in [0.3, 0.4) is 0 Å². The zero-order chi connectivity index (χ0) is 37.7. The number of rotatable bonds is 9. The van der Waals surface area contributed by atoms with Crippen molar-refractivity contribution in [1.82, 2.24) is 0 Å². The second kappa shape index (κ2) is 13.4. The number of phenolic OH excluding ortho intramolecular Hbond substituents is 3. The number of aromatic hydroxyl groups is 3. The van der Waals surface area contributed by atoms with Crippen molar-refractivity contribution in [3.05, 3.63) is 166 Å². The Hall–Kier alpha value is -5.76. The molecule has 6 rings (SSSR count). The average molecular weight is 676 g/mol. The highest BCUT2D eigenvalue weighted by Crippen LogP contribution is 2.41. The van der Waals surface area contributed by atoms with Gasteiger partial charge >= 0.3 is 5.71 Å². The summed E-state index contributed by atoms with van der Waals surface area (Å²) in [6, 6.07) is 35.8. The summed E-state index contributed by atoms with van der Waals surface area (Å²) in [7, 11) is -3.40. The van der Waals surface area contributed by atoms with E-state index in [1.54, 1.807) is 24.3 Å². The molecule has 0 aliphatic heterocycles. The van der Waals surface area contributed by atoms with Crippen LogP contribution in [-0.4, -0.2) is 50.6 Å². The van der Waals surface area contributed by atoms with Gasteiger partial charge in [-0.1, -0.05) is 86.6 Å². The number of carbonyl (C=O) groups excluding carboxylic acids is 1. The Balaban J connectivity index is 0.000000257. The molecule has 1 aliphatic carbocycles. The minimum absolute atomic E-state index is 0.0941. The third-order valence-electron chi connectivity index (χ3n) is 9.08. The first-order valence-electron chi connectivity index (χ1n) is 16.6. The molecule has 0 heterocycles. The predicted molar refractivity (Wildman–Crippen MR) is 190 cm³/mol. The number of carbonyl (C=O) groups is 1. The zero-order valence-corrected chi connectivity index (χ0v) is 28.2. The Morgan fingerprint density at radius 1 is 0.633 bits per heavy atom. The molecular formula is C40H36N2O6S. The maximum atomic E-state index is 11.8. The molecule has 0 saturated carbocycles. The SMILES string of the molecule is CS(=O)(=O)c1cccc2c1C=CC(=[N+]=[N-])C2=O.[2H]Oc1ccc(C(C)(C)c2ccc(C(C)(c3ccc(O[2H])cc3)c3ccc(O[2H])cc3)cc2)cc1. The van der Waals surface area contributed by atoms with Gasteiger partial charge in [-0.05, 0) is 83.3 Å². The molecule has 5 aromatic carbocycles. The first kappa shape index (κ1) is 30.6. The molecule has 49 heavy (non-hydrogen) atoms. The van der Waals surface area contributed by atoms with Crippen molar-refractivity contribution in [1.29, 1.82) is 4.29 Å². The first-order chi connectivity index (χ1) is 24.8. The molecule has 1 aliphatic rings. The standard InChI is InChI=1S/C29H28O3.C11H8N2O3S/c1-28(2,21-8-14-25(30)15-9-21)20-4-6-22(7-5-20)29(3,23-10-16-26(31)17-11-23)24-12-18-27(32)19-13-24;1-17(15,16)10-4-2-3-8-7(10)5-6-9(13-12)11(8)14/h4-19,30-32H,1-3H3;2-6H,1H3/i/hD3. The van der Waals surface area contributed by atoms with Crippen molar-refractivity contribution in [3.8, 4) is 17.2 Å². The second-order valence-corrected chi connectivity index (χ2v) is 14.5. The van der Waals surface area contributed by atoms with Gasteiger partial charge in [0.05, 0.1) is 4.90 Å². The fourth-order valence-electron chi connectivity index (χ4n) is 6.03. The highest BCUT2D eigenvalue weighted by Gasteiger charge is 2.32. The minimum Gasteiger partial charge on any atom is -0.508 e. The lowest BCUT2D eigenvalue weighted by molar-refractivity contribution is -0.00436. The molecule has 3 N–H and O–H groups in total. The van der Waals surface area contributed by atoms with Gasteiger partial charge in [-0.2, -0.15) is 4.79 Å². The summed E-state index contributed by atoms with van der Waals surface area (Å²) in [5.74, 6) is 0.982. The van der Waals surface area contributed by atoms with Crippen LogP contribution in [0.5, 0.6) is 17.2 Å². The van der Waals surface area contributed by atoms with E-state index >= 15 is 0 Å². The van der Waals surface area contributed by atoms with Crippen molar-refractivity contribution in [2.75, 3.05) is 6.26 Å². The van der Waals surface area contributed by atoms with E-state index in [2.05, 4.69) is 65.2 Å². The van der Waals surface area contributed by atoms with Crippen LogP contribution in [0, 0.1) is 0 Å². The minimum atomic E-state index is -3.40. The van der Waals surface area contributed by atoms with Gasteiger partial charge in [-0.15, -0.1) is 0 Å². The van der Waals surface area contributed by atoms with Crippen molar-refractivity contribution in [3.63, 3.8) is 0 Å². The monoisotopic (exact) mass is 675 g/mol. The molecule has 0 atom stereocenters. The van der Waals surface area contributed by atoms with Gasteiger partial charge in [-0.25, -0.2) is 8.42 Å². The van der Waals surface area contributed by atoms with E-state index in [0.717, 1.165) is 28.5 Å². The third-order valence-corrected chi connectivity index (χ3v) is 10.2. The van der Waals surface area contributed by atoms with Gasteiger partial charge in [-0.3, -0.25) is 4.79 Å². The lowest BCUT2D eigenvalue weighted by atomic mass is 9.70. The van der Waals surface area contributed by atoms with Crippen LogP contribution < -0.4 is 0 Å². The van der Waals surface area contributed by atoms with E-state index in [0.29, 0.717) is 22.8 Å². The van der Waals surface area contributed by atoms with E-state index in [-0.39, 0.29) is 21.6 Å². The lowest BCUT2D eigenvalue weighted by Gasteiger charge is -2.33. The molecule has 0 unspecified atom stereocenters. The van der Waals surface area contributed by atoms with Crippen LogP contribution in [-0.2, 0) is 20.7 Å². The summed E-state index contributed by atoms with van der Waals surface area (Å²) < 4.78 is 44.5. The number of phenols is 3. The highest BCUT2D eigenvalue weighted by molar-refractivity contribution is 7.90. The Morgan fingerprint density at radius 2 is 1.04 bits per heavy atom. The summed E-state index contributed by atoms with van der Waals surface area (Å²) in [6.07, 6.45) is 3.83. The highest BCUT2D eigenvalue weighted by atomic mass is 32.2. The summed E-state index contributed by atoms with van der Waals surface area (Å²) >= 11 is 0. The number of nitrogens with zero attached hydrogens (tertiary/aromatic N) is 2. The molecular weight excluding hydrogens is 637 g/mol. The third kappa shape index (κ3) is 6.94. The van der Waals surface area contributed by atoms with Crippen molar-refractivity contribution >= 4 is 27.4 Å². The van der Waals surface area contributed by atoms with E-state index in [9.17, 15) is 13.2 Å². The fourth-order valence-corrected chi connectivity index (χ4v) is 6.93. The number of allylic oxidation sites excluding steroid dienone is 1. The van der Waals surface area contributed by atoms with Crippen molar-refractivity contribution in [2.45, 2.75) is 36.5 Å². The maximum absolute atomic E-state index is 11.8. The van der Waals surface area contributed by atoms with E-state index in [1.165, 1.54) is 35.9 Å². The Labute approximate surface area is 290 Å². The number of hydrogen-bond donors (Lipinski definition) is 3. The molecule has 0 fully saturated rings. The van der Waals surface area contributed by atoms with Gasteiger partial charge in [0.1, 0.15) is 17.2 Å². The number of fused-ring (bicyclic) bond motifs is 1. The van der Waals surface area contributed by atoms with Gasteiger partial charge < -0.3 is 20.9 Å². The van der Waals surface area contributed by atoms with Gasteiger partial charge in [0.2, 0.25) is 0 Å². The van der Waals surface area contributed by atoms with Crippen molar-refractivity contribution in [2.24, 2.45) is 0 Å². The molecule has 9 heteroatoms. The van der Waals surface area contributed by atoms with Crippen LogP contribution in [0.25, 0.3) is 11.6 Å². The smallest absolute Gasteiger partial charge is 0.362 e. The zero-order valence-electron chi connectivity index (χ0n) is 30.4. The number of ketones is 1. The van der Waals surface area contributed by atoms with E-state index in [1.807, 2.05) is 48.5 Å². The second-order valence-electron chi connectivity index (χ2n) is 12.5. The summed E-state index contributed by atoms with van der Waals surface area (Å²) in [6.45, 7) is 6.52. The van der Waals surface area contributed by atoms with Crippen LogP contribution in [0.4, 0.5) is 0 Å². The molecule has 5 aromatic rings. The maximum Gasteiger partial charge on any atom is 0.362 e. The predicted octanol–water partition coefficient (Wildman–Crippen LogP) is 7.45. The summed E-state index contributed by atoms with van der Waals surface area (Å²) in [5.41, 5.74) is 13.8. The van der Waals surface area contributed by atoms with E-state index < -0.39 is 21.0 Å². The molecule has 0 spiro atoms. The number of hydrogen-bond acceptors (Lipinski definition) is 6. The van der Waals surface area contributed by atoms with E-state index in [4.69, 9.17) is 9.82 Å².